The van der Waals surface area contributed by atoms with E-state index in [4.69, 9.17) is 47.0 Å². The molecule has 2 aromatic rings. The third-order valence-corrected chi connectivity index (χ3v) is 6.16. The maximum absolute atomic E-state index is 12.6. The quantitative estimate of drug-likeness (QED) is 0.387. The van der Waals surface area contributed by atoms with Crippen LogP contribution in [0.4, 0.5) is 5.69 Å². The van der Waals surface area contributed by atoms with Gasteiger partial charge in [-0.15, -0.1) is 0 Å². The molecule has 29 heavy (non-hydrogen) atoms. The van der Waals surface area contributed by atoms with Gasteiger partial charge in [0.2, 0.25) is 5.91 Å². The molecule has 0 unspecified atom stereocenters. The fourth-order valence-electron chi connectivity index (χ4n) is 2.67. The van der Waals surface area contributed by atoms with E-state index in [1.165, 1.54) is 16.7 Å². The van der Waals surface area contributed by atoms with E-state index in [0.29, 0.717) is 42.9 Å². The minimum Gasteiger partial charge on any atom is -0.326 e. The van der Waals surface area contributed by atoms with Crippen molar-refractivity contribution in [2.75, 3.05) is 11.9 Å². The Bertz CT molecular complexity index is 991. The first kappa shape index (κ1) is 22.1. The van der Waals surface area contributed by atoms with Crippen LogP contribution in [-0.4, -0.2) is 27.6 Å². The molecule has 1 aliphatic rings. The van der Waals surface area contributed by atoms with Gasteiger partial charge in [-0.05, 0) is 42.3 Å². The van der Waals surface area contributed by atoms with Crippen LogP contribution in [0.3, 0.4) is 0 Å². The molecule has 0 saturated carbocycles. The summed E-state index contributed by atoms with van der Waals surface area (Å²) in [5.41, 5.74) is 1.29. The number of rotatable bonds is 6. The van der Waals surface area contributed by atoms with Crippen LogP contribution in [-0.2, 0) is 9.59 Å². The largest absolute Gasteiger partial charge is 0.326 e. The van der Waals surface area contributed by atoms with Crippen LogP contribution in [0.2, 0.25) is 15.1 Å². The fraction of sp³-hybridized carbons (Fsp3) is 0.150. The Morgan fingerprint density at radius 3 is 2.52 bits per heavy atom. The molecule has 0 bridgehead atoms. The zero-order valence-corrected chi connectivity index (χ0v) is 18.9. The SMILES string of the molecule is O=C(CCCN1C(=O)/C(=C/c2ccccc2Cl)SC1=S)Nc1cc(Cl)cc(Cl)c1. The number of nitrogens with zero attached hydrogens (tertiary/aromatic N) is 1. The molecule has 0 atom stereocenters. The molecule has 0 radical (unpaired) electrons. The molecule has 3 rings (SSSR count). The van der Waals surface area contributed by atoms with Gasteiger partial charge >= 0.3 is 0 Å². The summed E-state index contributed by atoms with van der Waals surface area (Å²) in [4.78, 5) is 26.8. The maximum atomic E-state index is 12.6. The number of thiocarbonyl (C=S) groups is 1. The molecular weight excluding hydrogens is 471 g/mol. The zero-order chi connectivity index (χ0) is 21.0. The predicted octanol–water partition coefficient (Wildman–Crippen LogP) is 6.27. The Hall–Kier alpha value is -1.57. The molecule has 1 fully saturated rings. The summed E-state index contributed by atoms with van der Waals surface area (Å²) in [6, 6.07) is 12.1. The number of hydrogen-bond acceptors (Lipinski definition) is 4. The monoisotopic (exact) mass is 484 g/mol. The number of benzene rings is 2. The van der Waals surface area contributed by atoms with Gasteiger partial charge in [0.25, 0.3) is 5.91 Å². The summed E-state index contributed by atoms with van der Waals surface area (Å²) < 4.78 is 0.468. The van der Waals surface area contributed by atoms with E-state index in [2.05, 4.69) is 5.32 Å². The van der Waals surface area contributed by atoms with E-state index in [9.17, 15) is 9.59 Å². The summed E-state index contributed by atoms with van der Waals surface area (Å²) in [5.74, 6) is -0.373. The minimum atomic E-state index is -0.194. The molecule has 2 aromatic carbocycles. The van der Waals surface area contributed by atoms with Crippen LogP contribution in [0.15, 0.2) is 47.4 Å². The highest BCUT2D eigenvalue weighted by molar-refractivity contribution is 8.26. The lowest BCUT2D eigenvalue weighted by Crippen LogP contribution is -2.29. The third kappa shape index (κ3) is 5.96. The van der Waals surface area contributed by atoms with Gasteiger partial charge in [-0.1, -0.05) is 77.0 Å². The van der Waals surface area contributed by atoms with Crippen LogP contribution < -0.4 is 5.32 Å². The Labute approximate surface area is 193 Å². The molecule has 4 nitrogen and oxygen atoms in total. The van der Waals surface area contributed by atoms with Gasteiger partial charge in [-0.25, -0.2) is 0 Å². The van der Waals surface area contributed by atoms with E-state index in [1.54, 1.807) is 30.3 Å². The average molecular weight is 486 g/mol. The first-order valence-corrected chi connectivity index (χ1v) is 10.9. The highest BCUT2D eigenvalue weighted by Gasteiger charge is 2.31. The smallest absolute Gasteiger partial charge is 0.266 e. The van der Waals surface area contributed by atoms with E-state index < -0.39 is 0 Å². The number of anilines is 1. The van der Waals surface area contributed by atoms with Crippen molar-refractivity contribution in [2.45, 2.75) is 12.8 Å². The summed E-state index contributed by atoms with van der Waals surface area (Å²) in [7, 11) is 0. The second-order valence-corrected chi connectivity index (χ2v) is 9.12. The van der Waals surface area contributed by atoms with Gasteiger partial charge in [0, 0.05) is 33.7 Å². The molecule has 0 aliphatic carbocycles. The fourth-order valence-corrected chi connectivity index (χ4v) is 4.69. The molecule has 1 N–H and O–H groups in total. The Morgan fingerprint density at radius 1 is 1.14 bits per heavy atom. The lowest BCUT2D eigenvalue weighted by atomic mass is 10.2. The van der Waals surface area contributed by atoms with Gasteiger partial charge in [-0.2, -0.15) is 0 Å². The number of carbonyl (C=O) groups excluding carboxylic acids is 2. The van der Waals surface area contributed by atoms with Gasteiger partial charge in [0.05, 0.1) is 4.91 Å². The Morgan fingerprint density at radius 2 is 1.83 bits per heavy atom. The number of carbonyl (C=O) groups is 2. The molecule has 1 saturated heterocycles. The second kappa shape index (κ2) is 9.96. The maximum Gasteiger partial charge on any atom is 0.266 e. The summed E-state index contributed by atoms with van der Waals surface area (Å²) in [5, 5.41) is 4.19. The van der Waals surface area contributed by atoms with Gasteiger partial charge in [0.1, 0.15) is 4.32 Å². The van der Waals surface area contributed by atoms with E-state index in [-0.39, 0.29) is 18.2 Å². The van der Waals surface area contributed by atoms with E-state index in [0.717, 1.165) is 5.56 Å². The number of nitrogens with one attached hydrogen (secondary N) is 1. The van der Waals surface area contributed by atoms with Crippen molar-refractivity contribution in [3.63, 3.8) is 0 Å². The second-order valence-electron chi connectivity index (χ2n) is 6.16. The highest BCUT2D eigenvalue weighted by Crippen LogP contribution is 2.34. The van der Waals surface area contributed by atoms with E-state index in [1.807, 2.05) is 18.2 Å². The average Bonchev–Trinajstić information content (AvgIpc) is 2.90. The van der Waals surface area contributed by atoms with Crippen molar-refractivity contribution >= 4 is 86.7 Å². The lowest BCUT2D eigenvalue weighted by molar-refractivity contribution is -0.122. The van der Waals surface area contributed by atoms with Crippen molar-refractivity contribution in [1.82, 2.24) is 4.90 Å². The number of halogens is 3. The summed E-state index contributed by atoms with van der Waals surface area (Å²) >= 11 is 24.6. The molecule has 1 aliphatic heterocycles. The lowest BCUT2D eigenvalue weighted by Gasteiger charge is -2.14. The molecular formula is C20H15Cl3N2O2S2. The Kier molecular flexibility index (Phi) is 7.60. The normalized spacial score (nSPS) is 15.3. The molecule has 150 valence electrons. The number of thioether (sulfide) groups is 1. The highest BCUT2D eigenvalue weighted by atomic mass is 35.5. The summed E-state index contributed by atoms with van der Waals surface area (Å²) in [6.07, 6.45) is 2.42. The van der Waals surface area contributed by atoms with Gasteiger partial charge in [-0.3, -0.25) is 14.5 Å². The first-order valence-electron chi connectivity index (χ1n) is 8.59. The molecule has 0 aromatic heterocycles. The molecule has 0 spiro atoms. The summed E-state index contributed by atoms with van der Waals surface area (Å²) in [6.45, 7) is 0.355. The van der Waals surface area contributed by atoms with Crippen LogP contribution in [0, 0.1) is 0 Å². The van der Waals surface area contributed by atoms with Gasteiger partial charge in [0.15, 0.2) is 0 Å². The minimum absolute atomic E-state index is 0.179. The first-order chi connectivity index (χ1) is 13.8. The van der Waals surface area contributed by atoms with Crippen LogP contribution in [0.25, 0.3) is 6.08 Å². The van der Waals surface area contributed by atoms with Crippen LogP contribution in [0.5, 0.6) is 0 Å². The molecule has 2 amide bonds. The van der Waals surface area contributed by atoms with Crippen molar-refractivity contribution < 1.29 is 9.59 Å². The van der Waals surface area contributed by atoms with Crippen molar-refractivity contribution in [1.29, 1.82) is 0 Å². The number of hydrogen-bond donors (Lipinski definition) is 1. The van der Waals surface area contributed by atoms with Crippen molar-refractivity contribution in [2.24, 2.45) is 0 Å². The van der Waals surface area contributed by atoms with Crippen molar-refractivity contribution in [3.8, 4) is 0 Å². The van der Waals surface area contributed by atoms with Gasteiger partial charge < -0.3 is 5.32 Å². The van der Waals surface area contributed by atoms with Crippen LogP contribution in [0.1, 0.15) is 18.4 Å². The number of amides is 2. The van der Waals surface area contributed by atoms with Crippen LogP contribution >= 0.6 is 58.8 Å². The molecule has 9 heteroatoms. The van der Waals surface area contributed by atoms with Crippen molar-refractivity contribution in [3.05, 3.63) is 68.0 Å². The predicted molar refractivity (Wildman–Crippen MR) is 126 cm³/mol. The standard InChI is InChI=1S/C20H15Cl3N2O2S2/c21-13-9-14(22)11-15(10-13)24-18(26)6-3-7-25-19(27)17(29-20(25)28)8-12-4-1-2-5-16(12)23/h1-2,4-5,8-11H,3,6-7H2,(H,24,26)/b17-8-. The zero-order valence-electron chi connectivity index (χ0n) is 15.0. The van der Waals surface area contributed by atoms with E-state index >= 15 is 0 Å². The Balaban J connectivity index is 1.55. The third-order valence-electron chi connectivity index (χ3n) is 4.00. The molecule has 1 heterocycles. The topological polar surface area (TPSA) is 49.4 Å².